The van der Waals surface area contributed by atoms with Gasteiger partial charge in [-0.3, -0.25) is 10.1 Å². The maximum Gasteiger partial charge on any atom is 0.328 e. The number of pyridine rings is 1. The Morgan fingerprint density at radius 1 is 1.40 bits per heavy atom. The number of hydrogen-bond donors (Lipinski definition) is 2. The van der Waals surface area contributed by atoms with Crippen LogP contribution in [0.1, 0.15) is 15.3 Å². The zero-order valence-corrected chi connectivity index (χ0v) is 15.1. The summed E-state index contributed by atoms with van der Waals surface area (Å²) in [6.45, 7) is 3.63. The summed E-state index contributed by atoms with van der Waals surface area (Å²) in [4.78, 5) is 16.0. The number of aryl methyl sites for hydroxylation is 2. The fourth-order valence-corrected chi connectivity index (χ4v) is 4.76. The quantitative estimate of drug-likeness (QED) is 0.424. The lowest BCUT2D eigenvalue weighted by atomic mass is 10.2. The Balaban J connectivity index is 2.04. The van der Waals surface area contributed by atoms with Crippen LogP contribution >= 0.6 is 11.3 Å². The lowest BCUT2D eigenvalue weighted by Gasteiger charge is -2.08. The summed E-state index contributed by atoms with van der Waals surface area (Å²) in [5.74, 6) is -0.0780. The van der Waals surface area contributed by atoms with Crippen LogP contribution in [-0.4, -0.2) is 31.4 Å². The van der Waals surface area contributed by atoms with Crippen molar-refractivity contribution in [2.45, 2.75) is 18.7 Å². The summed E-state index contributed by atoms with van der Waals surface area (Å²) in [6, 6.07) is 4.57. The maximum atomic E-state index is 12.3. The van der Waals surface area contributed by atoms with Gasteiger partial charge in [0.05, 0.1) is 9.82 Å². The number of nitrogens with one attached hydrogen (secondary N) is 2. The molecule has 25 heavy (non-hydrogen) atoms. The minimum Gasteiger partial charge on any atom is -0.363 e. The number of nitro groups is 1. The van der Waals surface area contributed by atoms with E-state index in [-0.39, 0.29) is 29.4 Å². The Bertz CT molecular complexity index is 947. The minimum absolute atomic E-state index is 0.00623. The molecule has 2 rings (SSSR count). The number of hydrogen-bond acceptors (Lipinski definition) is 8. The Hall–Kier alpha value is -2.55. The molecule has 0 saturated carbocycles. The molecule has 0 aliphatic heterocycles. The second-order valence-electron chi connectivity index (χ2n) is 5.03. The van der Waals surface area contributed by atoms with Crippen LogP contribution < -0.4 is 10.0 Å². The highest BCUT2D eigenvalue weighted by Crippen LogP contribution is 2.26. The van der Waals surface area contributed by atoms with Crippen LogP contribution in [0.25, 0.3) is 0 Å². The van der Waals surface area contributed by atoms with E-state index >= 15 is 0 Å². The number of nitriles is 1. The van der Waals surface area contributed by atoms with Gasteiger partial charge in [-0.05, 0) is 26.0 Å². The maximum absolute atomic E-state index is 12.3. The Kier molecular flexibility index (Phi) is 5.68. The van der Waals surface area contributed by atoms with Crippen molar-refractivity contribution in [3.8, 4) is 6.07 Å². The van der Waals surface area contributed by atoms with Crippen LogP contribution in [-0.2, 0) is 10.0 Å². The zero-order valence-electron chi connectivity index (χ0n) is 13.4. The van der Waals surface area contributed by atoms with Crippen molar-refractivity contribution in [3.05, 3.63) is 43.8 Å². The first-order valence-electron chi connectivity index (χ1n) is 7.10. The molecule has 0 saturated heterocycles. The topological polar surface area (TPSA) is 138 Å². The van der Waals surface area contributed by atoms with E-state index < -0.39 is 20.6 Å². The molecule has 132 valence electrons. The van der Waals surface area contributed by atoms with Gasteiger partial charge in [0.15, 0.2) is 0 Å². The Morgan fingerprint density at radius 3 is 2.68 bits per heavy atom. The lowest BCUT2D eigenvalue weighted by molar-refractivity contribution is -0.384. The van der Waals surface area contributed by atoms with E-state index in [1.165, 1.54) is 23.6 Å². The van der Waals surface area contributed by atoms with E-state index in [1.807, 2.05) is 6.92 Å². The fourth-order valence-electron chi connectivity index (χ4n) is 2.18. The third kappa shape index (κ3) is 4.30. The van der Waals surface area contributed by atoms with Gasteiger partial charge in [-0.15, -0.1) is 11.3 Å². The van der Waals surface area contributed by atoms with Crippen LogP contribution in [0, 0.1) is 35.3 Å². The van der Waals surface area contributed by atoms with Crippen LogP contribution in [0.4, 0.5) is 11.5 Å². The van der Waals surface area contributed by atoms with Gasteiger partial charge in [0.2, 0.25) is 15.8 Å². The van der Waals surface area contributed by atoms with Crippen molar-refractivity contribution >= 4 is 32.9 Å². The van der Waals surface area contributed by atoms with Crippen molar-refractivity contribution in [2.75, 3.05) is 18.4 Å². The van der Waals surface area contributed by atoms with E-state index in [0.717, 1.165) is 4.88 Å². The van der Waals surface area contributed by atoms with E-state index in [1.54, 1.807) is 19.1 Å². The highest BCUT2D eigenvalue weighted by molar-refractivity contribution is 7.89. The molecule has 2 heterocycles. The van der Waals surface area contributed by atoms with E-state index in [0.29, 0.717) is 4.88 Å². The first-order valence-corrected chi connectivity index (χ1v) is 9.40. The van der Waals surface area contributed by atoms with Gasteiger partial charge < -0.3 is 5.32 Å². The molecule has 0 amide bonds. The van der Waals surface area contributed by atoms with E-state index in [4.69, 9.17) is 5.26 Å². The molecule has 0 atom stereocenters. The summed E-state index contributed by atoms with van der Waals surface area (Å²) in [7, 11) is -3.65. The van der Waals surface area contributed by atoms with E-state index in [9.17, 15) is 18.5 Å². The van der Waals surface area contributed by atoms with Gasteiger partial charge >= 0.3 is 5.69 Å². The molecule has 0 aliphatic carbocycles. The number of thiophene rings is 1. The molecule has 11 heteroatoms. The Labute approximate surface area is 148 Å². The van der Waals surface area contributed by atoms with Gasteiger partial charge in [0.1, 0.15) is 11.6 Å². The van der Waals surface area contributed by atoms with Crippen LogP contribution in [0.3, 0.4) is 0 Å². The lowest BCUT2D eigenvalue weighted by Crippen LogP contribution is -2.29. The fraction of sp³-hybridized carbons (Fsp3) is 0.286. The molecule has 0 aromatic carbocycles. The number of nitrogens with zero attached hydrogens (tertiary/aromatic N) is 3. The van der Waals surface area contributed by atoms with Crippen molar-refractivity contribution < 1.29 is 13.3 Å². The standard InChI is InChI=1S/C14H15N5O4S2/c1-9-7-12(10(2)24-9)25(22,23)18-6-5-17-14-13(19(20)21)11(8-15)3-4-16-14/h3-4,7,18H,5-6H2,1-2H3,(H,16,17). The molecule has 9 nitrogen and oxygen atoms in total. The second-order valence-corrected chi connectivity index (χ2v) is 8.22. The summed E-state index contributed by atoms with van der Waals surface area (Å²) >= 11 is 1.39. The van der Waals surface area contributed by atoms with E-state index in [2.05, 4.69) is 15.0 Å². The van der Waals surface area contributed by atoms with Gasteiger partial charge in [0.25, 0.3) is 0 Å². The third-order valence-corrected chi connectivity index (χ3v) is 5.90. The number of rotatable bonds is 7. The molecular weight excluding hydrogens is 366 g/mol. The number of aromatic nitrogens is 1. The van der Waals surface area contributed by atoms with Crippen molar-refractivity contribution in [2.24, 2.45) is 0 Å². The molecule has 0 unspecified atom stereocenters. The Morgan fingerprint density at radius 2 is 2.12 bits per heavy atom. The predicted octanol–water partition coefficient (Wildman–Crippen LogP) is 1.93. The molecule has 2 N–H and O–H groups in total. The van der Waals surface area contributed by atoms with Crippen LogP contribution in [0.15, 0.2) is 23.2 Å². The SMILES string of the molecule is Cc1cc(S(=O)(=O)NCCNc2nccc(C#N)c2[N+](=O)[O-])c(C)s1. The van der Waals surface area contributed by atoms with Crippen molar-refractivity contribution in [1.82, 2.24) is 9.71 Å². The molecule has 0 aliphatic rings. The molecule has 0 bridgehead atoms. The molecule has 0 spiro atoms. The molecule has 2 aromatic rings. The second kappa shape index (κ2) is 7.56. The minimum atomic E-state index is -3.65. The zero-order chi connectivity index (χ0) is 18.6. The number of sulfonamides is 1. The molecule has 2 aromatic heterocycles. The summed E-state index contributed by atoms with van der Waals surface area (Å²) < 4.78 is 26.9. The van der Waals surface area contributed by atoms with Crippen LogP contribution in [0.2, 0.25) is 0 Å². The molecular formula is C14H15N5O4S2. The van der Waals surface area contributed by atoms with Crippen LogP contribution in [0.5, 0.6) is 0 Å². The smallest absolute Gasteiger partial charge is 0.328 e. The molecule has 0 radical (unpaired) electrons. The van der Waals surface area contributed by atoms with Gasteiger partial charge in [0, 0.05) is 29.0 Å². The highest BCUT2D eigenvalue weighted by atomic mass is 32.2. The largest absolute Gasteiger partial charge is 0.363 e. The summed E-state index contributed by atoms with van der Waals surface area (Å²) in [5, 5.41) is 22.7. The van der Waals surface area contributed by atoms with Crippen molar-refractivity contribution in [3.63, 3.8) is 0 Å². The summed E-state index contributed by atoms with van der Waals surface area (Å²) in [5.41, 5.74) is -0.551. The average molecular weight is 381 g/mol. The van der Waals surface area contributed by atoms with Gasteiger partial charge in [-0.1, -0.05) is 0 Å². The third-order valence-electron chi connectivity index (χ3n) is 3.22. The first kappa shape index (κ1) is 18.8. The van der Waals surface area contributed by atoms with Gasteiger partial charge in [-0.2, -0.15) is 5.26 Å². The number of anilines is 1. The first-order chi connectivity index (χ1) is 11.8. The average Bonchev–Trinajstić information content (AvgIpc) is 2.90. The monoisotopic (exact) mass is 381 g/mol. The predicted molar refractivity (Wildman–Crippen MR) is 93.1 cm³/mol. The normalized spacial score (nSPS) is 11.1. The van der Waals surface area contributed by atoms with Crippen molar-refractivity contribution in [1.29, 1.82) is 5.26 Å². The van der Waals surface area contributed by atoms with Gasteiger partial charge in [-0.25, -0.2) is 18.1 Å². The summed E-state index contributed by atoms with van der Waals surface area (Å²) in [6.07, 6.45) is 1.27. The highest BCUT2D eigenvalue weighted by Gasteiger charge is 2.21. The molecule has 0 fully saturated rings.